The molecule has 5 heteroatoms. The van der Waals surface area contributed by atoms with Crippen molar-refractivity contribution in [2.45, 2.75) is 32.1 Å². The van der Waals surface area contributed by atoms with Crippen LogP contribution in [0.1, 0.15) is 58.4 Å². The molecule has 0 radical (unpaired) electrons. The highest BCUT2D eigenvalue weighted by atomic mass is 16.4. The number of hydrogen-bond acceptors (Lipinski definition) is 3. The number of ketones is 1. The molecule has 5 aromatic rings. The molecule has 2 N–H and O–H groups in total. The number of carbonyl (C=O) groups is 2. The molecular weight excluding hydrogens is 460 g/mol. The van der Waals surface area contributed by atoms with Gasteiger partial charge in [0.2, 0.25) is 0 Å². The number of hydrogen-bond donors (Lipinski definition) is 2. The number of carbonyl (C=O) groups excluding carboxylic acids is 1. The van der Waals surface area contributed by atoms with Crippen molar-refractivity contribution in [2.24, 2.45) is 0 Å². The third kappa shape index (κ3) is 5.07. The minimum absolute atomic E-state index is 0.0538. The molecule has 37 heavy (non-hydrogen) atoms. The molecule has 1 atom stereocenters. The number of aromatic nitrogens is 2. The Labute approximate surface area is 215 Å². The van der Waals surface area contributed by atoms with Crippen molar-refractivity contribution in [3.63, 3.8) is 0 Å². The number of carboxylic acids is 1. The van der Waals surface area contributed by atoms with Gasteiger partial charge in [0.25, 0.3) is 0 Å². The Balaban J connectivity index is 1.51. The van der Waals surface area contributed by atoms with Crippen LogP contribution in [0.15, 0.2) is 97.1 Å². The fraction of sp³-hybridized carbons (Fsp3) is 0.156. The number of nitrogens with zero attached hydrogens (tertiary/aromatic N) is 1. The molecule has 4 aromatic carbocycles. The number of para-hydroxylation sites is 2. The Kier molecular flexibility index (Phi) is 6.95. The Morgan fingerprint density at radius 3 is 2.27 bits per heavy atom. The zero-order valence-electron chi connectivity index (χ0n) is 20.6. The van der Waals surface area contributed by atoms with Gasteiger partial charge in [-0.05, 0) is 47.2 Å². The number of rotatable bonds is 9. The summed E-state index contributed by atoms with van der Waals surface area (Å²) in [6, 6.07) is 30.4. The summed E-state index contributed by atoms with van der Waals surface area (Å²) in [4.78, 5) is 33.7. The smallest absolute Gasteiger partial charge is 0.336 e. The molecule has 0 unspecified atom stereocenters. The summed E-state index contributed by atoms with van der Waals surface area (Å²) in [6.07, 6.45) is 2.20. The normalized spacial score (nSPS) is 11.9. The predicted molar refractivity (Wildman–Crippen MR) is 147 cm³/mol. The van der Waals surface area contributed by atoms with Gasteiger partial charge in [0.15, 0.2) is 5.78 Å². The first-order chi connectivity index (χ1) is 18.0. The fourth-order valence-electron chi connectivity index (χ4n) is 4.94. The second-order valence-electron chi connectivity index (χ2n) is 9.24. The lowest BCUT2D eigenvalue weighted by atomic mass is 9.87. The van der Waals surface area contributed by atoms with Crippen LogP contribution in [0.2, 0.25) is 0 Å². The zero-order valence-corrected chi connectivity index (χ0v) is 20.6. The van der Waals surface area contributed by atoms with Crippen LogP contribution in [-0.4, -0.2) is 26.8 Å². The molecule has 0 saturated carbocycles. The molecule has 184 valence electrons. The molecular formula is C32H28N2O3. The molecule has 0 fully saturated rings. The number of carboxylic acid groups (broad SMARTS) is 1. The lowest BCUT2D eigenvalue weighted by molar-refractivity contribution is 0.0697. The van der Waals surface area contributed by atoms with Crippen molar-refractivity contribution >= 4 is 22.8 Å². The highest BCUT2D eigenvalue weighted by molar-refractivity contribution is 6.03. The number of aromatic amines is 1. The summed E-state index contributed by atoms with van der Waals surface area (Å²) in [7, 11) is 0. The van der Waals surface area contributed by atoms with Gasteiger partial charge in [0.05, 0.1) is 16.6 Å². The van der Waals surface area contributed by atoms with E-state index >= 15 is 0 Å². The van der Waals surface area contributed by atoms with Gasteiger partial charge in [-0.15, -0.1) is 0 Å². The van der Waals surface area contributed by atoms with Crippen molar-refractivity contribution < 1.29 is 14.7 Å². The van der Waals surface area contributed by atoms with Gasteiger partial charge in [0, 0.05) is 17.5 Å². The van der Waals surface area contributed by atoms with E-state index in [0.29, 0.717) is 23.4 Å². The Hall–Kier alpha value is -4.51. The molecule has 5 rings (SSSR count). The summed E-state index contributed by atoms with van der Waals surface area (Å²) in [6.45, 7) is 2.11. The number of aromatic carboxylic acids is 1. The number of H-pyrrole nitrogens is 1. The number of nitrogens with one attached hydrogen (secondary N) is 1. The number of imidazole rings is 1. The average molecular weight is 489 g/mol. The second-order valence-corrected chi connectivity index (χ2v) is 9.24. The van der Waals surface area contributed by atoms with Gasteiger partial charge in [-0.1, -0.05) is 92.2 Å². The molecule has 0 bridgehead atoms. The van der Waals surface area contributed by atoms with Gasteiger partial charge < -0.3 is 10.1 Å². The first-order valence-electron chi connectivity index (χ1n) is 12.5. The number of fused-ring (bicyclic) bond motifs is 1. The van der Waals surface area contributed by atoms with Crippen LogP contribution in [0.3, 0.4) is 0 Å². The average Bonchev–Trinajstić information content (AvgIpc) is 3.37. The van der Waals surface area contributed by atoms with Crippen LogP contribution in [0.5, 0.6) is 0 Å². The maximum Gasteiger partial charge on any atom is 0.336 e. The van der Waals surface area contributed by atoms with E-state index in [4.69, 9.17) is 4.98 Å². The molecule has 0 amide bonds. The summed E-state index contributed by atoms with van der Waals surface area (Å²) >= 11 is 0. The second kappa shape index (κ2) is 10.6. The van der Waals surface area contributed by atoms with E-state index in [1.165, 1.54) is 6.07 Å². The van der Waals surface area contributed by atoms with Gasteiger partial charge in [0.1, 0.15) is 5.82 Å². The maximum absolute atomic E-state index is 13.3. The minimum Gasteiger partial charge on any atom is -0.478 e. The van der Waals surface area contributed by atoms with Crippen LogP contribution in [0.25, 0.3) is 33.5 Å². The Morgan fingerprint density at radius 2 is 1.54 bits per heavy atom. The SMILES string of the molecule is CCC[C@@H](CC(=O)c1ccc(-c2ccccc2-c2nc3ccccc3[nH]2)c(C(=O)O)c1)c1ccccc1. The molecule has 0 saturated heterocycles. The van der Waals surface area contributed by atoms with Crippen molar-refractivity contribution in [3.05, 3.63) is 114 Å². The first-order valence-corrected chi connectivity index (χ1v) is 12.5. The van der Waals surface area contributed by atoms with Gasteiger partial charge in [-0.2, -0.15) is 0 Å². The van der Waals surface area contributed by atoms with Gasteiger partial charge in [-0.25, -0.2) is 9.78 Å². The van der Waals surface area contributed by atoms with Crippen molar-refractivity contribution in [3.8, 4) is 22.5 Å². The van der Waals surface area contributed by atoms with Crippen LogP contribution in [-0.2, 0) is 0 Å². The standard InChI is InChI=1S/C32H28N2O3/c1-2-10-22(21-11-4-3-5-12-21)20-30(35)23-17-18-25(27(19-23)32(36)37)24-13-6-7-14-26(24)31-33-28-15-8-9-16-29(28)34-31/h3-9,11-19,22H,2,10,20H2,1H3,(H,33,34)(H,36,37)/t22-/m0/s1. The monoisotopic (exact) mass is 488 g/mol. The first kappa shape index (κ1) is 24.2. The molecule has 5 nitrogen and oxygen atoms in total. The third-order valence-corrected chi connectivity index (χ3v) is 6.77. The highest BCUT2D eigenvalue weighted by Gasteiger charge is 2.21. The van der Waals surface area contributed by atoms with Crippen LogP contribution < -0.4 is 0 Å². The topological polar surface area (TPSA) is 83.0 Å². The Morgan fingerprint density at radius 1 is 0.838 bits per heavy atom. The predicted octanol–water partition coefficient (Wildman–Crippen LogP) is 7.75. The third-order valence-electron chi connectivity index (χ3n) is 6.77. The summed E-state index contributed by atoms with van der Waals surface area (Å²) in [5, 5.41) is 10.1. The number of Topliss-reactive ketones (excluding diaryl/α,β-unsaturated/α-hetero) is 1. The lowest BCUT2D eigenvalue weighted by Crippen LogP contribution is -2.10. The summed E-state index contributed by atoms with van der Waals surface area (Å²) in [5.74, 6) is -0.363. The Bertz CT molecular complexity index is 1540. The van der Waals surface area contributed by atoms with E-state index in [1.807, 2.05) is 78.9 Å². The fourth-order valence-corrected chi connectivity index (χ4v) is 4.94. The molecule has 0 aliphatic rings. The van der Waals surface area contributed by atoms with E-state index in [-0.39, 0.29) is 17.3 Å². The summed E-state index contributed by atoms with van der Waals surface area (Å²) < 4.78 is 0. The minimum atomic E-state index is -1.07. The van der Waals surface area contributed by atoms with Crippen molar-refractivity contribution in [2.75, 3.05) is 0 Å². The van der Waals surface area contributed by atoms with Crippen LogP contribution in [0, 0.1) is 0 Å². The summed E-state index contributed by atoms with van der Waals surface area (Å²) in [5.41, 5.74) is 5.48. The van der Waals surface area contributed by atoms with Crippen molar-refractivity contribution in [1.82, 2.24) is 9.97 Å². The maximum atomic E-state index is 13.3. The molecule has 1 aromatic heterocycles. The molecule has 0 aliphatic heterocycles. The van der Waals surface area contributed by atoms with Gasteiger partial charge >= 0.3 is 5.97 Å². The van der Waals surface area contributed by atoms with E-state index in [0.717, 1.165) is 40.6 Å². The van der Waals surface area contributed by atoms with E-state index < -0.39 is 5.97 Å². The van der Waals surface area contributed by atoms with E-state index in [9.17, 15) is 14.7 Å². The van der Waals surface area contributed by atoms with E-state index in [2.05, 4.69) is 11.9 Å². The highest BCUT2D eigenvalue weighted by Crippen LogP contribution is 2.35. The van der Waals surface area contributed by atoms with E-state index in [1.54, 1.807) is 12.1 Å². The molecule has 0 aliphatic carbocycles. The lowest BCUT2D eigenvalue weighted by Gasteiger charge is -2.17. The van der Waals surface area contributed by atoms with Crippen LogP contribution in [0.4, 0.5) is 0 Å². The largest absolute Gasteiger partial charge is 0.478 e. The quantitative estimate of drug-likeness (QED) is 0.208. The number of benzene rings is 4. The zero-order chi connectivity index (χ0) is 25.8. The molecule has 1 heterocycles. The molecule has 0 spiro atoms. The van der Waals surface area contributed by atoms with Crippen LogP contribution >= 0.6 is 0 Å². The van der Waals surface area contributed by atoms with Crippen molar-refractivity contribution in [1.29, 1.82) is 0 Å². The van der Waals surface area contributed by atoms with Gasteiger partial charge in [-0.3, -0.25) is 4.79 Å².